The summed E-state index contributed by atoms with van der Waals surface area (Å²) in [6, 6.07) is 21.7. The Bertz CT molecular complexity index is 1080. The number of hydrogen-bond donors (Lipinski definition) is 0. The lowest BCUT2D eigenvalue weighted by molar-refractivity contribution is 0.0921. The summed E-state index contributed by atoms with van der Waals surface area (Å²) >= 11 is 0. The molecule has 0 radical (unpaired) electrons. The molecule has 0 atom stereocenters. The molecule has 4 rings (SSSR count). The Balaban J connectivity index is 1.48. The molecule has 0 bridgehead atoms. The van der Waals surface area contributed by atoms with E-state index in [-0.39, 0.29) is 23.9 Å². The number of aryl methyl sites for hydroxylation is 1. The molecule has 0 fully saturated rings. The summed E-state index contributed by atoms with van der Waals surface area (Å²) in [5.74, 6) is 1.18. The van der Waals surface area contributed by atoms with Crippen LogP contribution in [0.15, 0.2) is 78.6 Å². The second kappa shape index (κ2) is 7.53. The van der Waals surface area contributed by atoms with Gasteiger partial charge in [0, 0.05) is 5.56 Å². The average Bonchev–Trinajstić information content (AvgIpc) is 3.01. The lowest BCUT2D eigenvalue weighted by Gasteiger charge is -2.06. The van der Waals surface area contributed by atoms with Gasteiger partial charge in [0.05, 0.1) is 5.56 Å². The van der Waals surface area contributed by atoms with E-state index in [4.69, 9.17) is 9.47 Å². The van der Waals surface area contributed by atoms with E-state index in [2.05, 4.69) is 0 Å². The molecule has 3 aromatic rings. The van der Waals surface area contributed by atoms with E-state index in [0.717, 1.165) is 11.1 Å². The van der Waals surface area contributed by atoms with Crippen molar-refractivity contribution >= 4 is 17.6 Å². The SMILES string of the molecule is Cc1ccc2c(c1)O/C(=C\c1cccc(OCC(=O)c3ccccc3)c1)C2=O. The molecule has 1 aliphatic rings. The molecule has 0 saturated heterocycles. The van der Waals surface area contributed by atoms with Crippen molar-refractivity contribution < 1.29 is 19.1 Å². The molecule has 0 aromatic heterocycles. The van der Waals surface area contributed by atoms with Gasteiger partial charge in [-0.15, -0.1) is 0 Å². The van der Waals surface area contributed by atoms with Crippen molar-refractivity contribution in [1.29, 1.82) is 0 Å². The predicted octanol–water partition coefficient (Wildman–Crippen LogP) is 4.87. The molecular formula is C24H18O4. The molecule has 1 aliphatic heterocycles. The van der Waals surface area contributed by atoms with E-state index in [1.165, 1.54) is 0 Å². The van der Waals surface area contributed by atoms with Crippen LogP contribution < -0.4 is 9.47 Å². The van der Waals surface area contributed by atoms with E-state index in [0.29, 0.717) is 22.6 Å². The third kappa shape index (κ3) is 3.71. The van der Waals surface area contributed by atoms with Gasteiger partial charge in [0.15, 0.2) is 18.1 Å². The number of Topliss-reactive ketones (excluding diaryl/α,β-unsaturated/α-hetero) is 2. The zero-order valence-electron chi connectivity index (χ0n) is 15.3. The number of fused-ring (bicyclic) bond motifs is 1. The van der Waals surface area contributed by atoms with Crippen molar-refractivity contribution in [2.75, 3.05) is 6.61 Å². The third-order valence-electron chi connectivity index (χ3n) is 4.45. The Morgan fingerprint density at radius 2 is 1.82 bits per heavy atom. The van der Waals surface area contributed by atoms with Gasteiger partial charge in [-0.2, -0.15) is 0 Å². The van der Waals surface area contributed by atoms with Crippen LogP contribution in [0.1, 0.15) is 31.8 Å². The Labute approximate surface area is 163 Å². The fourth-order valence-corrected chi connectivity index (χ4v) is 3.00. The van der Waals surface area contributed by atoms with Crippen LogP contribution in [0.25, 0.3) is 6.08 Å². The Morgan fingerprint density at radius 3 is 2.64 bits per heavy atom. The Morgan fingerprint density at radius 1 is 1.00 bits per heavy atom. The number of ketones is 2. The van der Waals surface area contributed by atoms with E-state index < -0.39 is 0 Å². The van der Waals surface area contributed by atoms with Crippen molar-refractivity contribution in [3.63, 3.8) is 0 Å². The Hall–Kier alpha value is -3.66. The molecule has 1 heterocycles. The largest absolute Gasteiger partial charge is 0.485 e. The number of benzene rings is 3. The van der Waals surface area contributed by atoms with Crippen LogP contribution in [0.5, 0.6) is 11.5 Å². The minimum atomic E-state index is -0.138. The molecule has 3 aromatic carbocycles. The molecule has 138 valence electrons. The summed E-state index contributed by atoms with van der Waals surface area (Å²) in [5, 5.41) is 0. The van der Waals surface area contributed by atoms with Crippen LogP contribution >= 0.6 is 0 Å². The number of rotatable bonds is 5. The highest BCUT2D eigenvalue weighted by Gasteiger charge is 2.27. The van der Waals surface area contributed by atoms with E-state index in [9.17, 15) is 9.59 Å². The van der Waals surface area contributed by atoms with Crippen molar-refractivity contribution in [2.24, 2.45) is 0 Å². The molecule has 0 unspecified atom stereocenters. The topological polar surface area (TPSA) is 52.6 Å². The van der Waals surface area contributed by atoms with Gasteiger partial charge in [-0.05, 0) is 48.4 Å². The van der Waals surface area contributed by atoms with Crippen LogP contribution in [0, 0.1) is 6.92 Å². The normalized spacial score (nSPS) is 13.9. The van der Waals surface area contributed by atoms with Gasteiger partial charge in [-0.1, -0.05) is 48.5 Å². The fourth-order valence-electron chi connectivity index (χ4n) is 3.00. The first kappa shape index (κ1) is 17.7. The minimum absolute atomic E-state index is 0.0514. The lowest BCUT2D eigenvalue weighted by Crippen LogP contribution is -2.11. The fraction of sp³-hybridized carbons (Fsp3) is 0.0833. The van der Waals surface area contributed by atoms with Crippen molar-refractivity contribution in [3.8, 4) is 11.5 Å². The number of ether oxygens (including phenoxy) is 2. The van der Waals surface area contributed by atoms with Gasteiger partial charge >= 0.3 is 0 Å². The maximum absolute atomic E-state index is 12.5. The first-order valence-electron chi connectivity index (χ1n) is 8.96. The second-order valence-corrected chi connectivity index (χ2v) is 6.59. The van der Waals surface area contributed by atoms with Gasteiger partial charge in [0.25, 0.3) is 0 Å². The van der Waals surface area contributed by atoms with Crippen LogP contribution in [0.3, 0.4) is 0 Å². The summed E-state index contributed by atoms with van der Waals surface area (Å²) < 4.78 is 11.3. The summed E-state index contributed by atoms with van der Waals surface area (Å²) in [4.78, 5) is 24.7. The highest BCUT2D eigenvalue weighted by molar-refractivity contribution is 6.14. The summed E-state index contributed by atoms with van der Waals surface area (Å²) in [6.07, 6.45) is 1.68. The highest BCUT2D eigenvalue weighted by atomic mass is 16.5. The van der Waals surface area contributed by atoms with Gasteiger partial charge in [-0.3, -0.25) is 9.59 Å². The van der Waals surface area contributed by atoms with Crippen LogP contribution in [0.2, 0.25) is 0 Å². The van der Waals surface area contributed by atoms with Crippen molar-refractivity contribution in [3.05, 3.63) is 101 Å². The third-order valence-corrected chi connectivity index (χ3v) is 4.45. The molecule has 0 N–H and O–H groups in total. The monoisotopic (exact) mass is 370 g/mol. The number of carbonyl (C=O) groups is 2. The maximum Gasteiger partial charge on any atom is 0.231 e. The molecule has 4 heteroatoms. The first-order chi connectivity index (χ1) is 13.6. The molecule has 0 saturated carbocycles. The first-order valence-corrected chi connectivity index (χ1v) is 8.96. The second-order valence-electron chi connectivity index (χ2n) is 6.59. The van der Waals surface area contributed by atoms with Gasteiger partial charge in [0.1, 0.15) is 11.5 Å². The molecule has 0 spiro atoms. The van der Waals surface area contributed by atoms with Crippen molar-refractivity contribution in [1.82, 2.24) is 0 Å². The summed E-state index contributed by atoms with van der Waals surface area (Å²) in [7, 11) is 0. The van der Waals surface area contributed by atoms with E-state index in [1.807, 2.05) is 49.4 Å². The Kier molecular flexibility index (Phi) is 4.77. The zero-order chi connectivity index (χ0) is 19.5. The summed E-state index contributed by atoms with van der Waals surface area (Å²) in [5.41, 5.74) is 2.97. The number of allylic oxidation sites excluding steroid dienone is 1. The van der Waals surface area contributed by atoms with Gasteiger partial charge in [0.2, 0.25) is 5.78 Å². The molecule has 4 nitrogen and oxygen atoms in total. The predicted molar refractivity (Wildman–Crippen MR) is 107 cm³/mol. The standard InChI is InChI=1S/C24H18O4/c1-16-10-11-20-22(12-16)28-23(24(20)26)14-17-6-5-9-19(13-17)27-15-21(25)18-7-3-2-4-8-18/h2-14H,15H2,1H3/b23-14-. The zero-order valence-corrected chi connectivity index (χ0v) is 15.3. The highest BCUT2D eigenvalue weighted by Crippen LogP contribution is 2.32. The lowest BCUT2D eigenvalue weighted by atomic mass is 10.1. The van der Waals surface area contributed by atoms with E-state index in [1.54, 1.807) is 36.4 Å². The van der Waals surface area contributed by atoms with Crippen LogP contribution in [0.4, 0.5) is 0 Å². The number of hydrogen-bond acceptors (Lipinski definition) is 4. The molecule has 28 heavy (non-hydrogen) atoms. The van der Waals surface area contributed by atoms with E-state index >= 15 is 0 Å². The maximum atomic E-state index is 12.5. The number of carbonyl (C=O) groups excluding carboxylic acids is 2. The van der Waals surface area contributed by atoms with Crippen LogP contribution in [-0.2, 0) is 0 Å². The van der Waals surface area contributed by atoms with Gasteiger partial charge in [-0.25, -0.2) is 0 Å². The van der Waals surface area contributed by atoms with Crippen molar-refractivity contribution in [2.45, 2.75) is 6.92 Å². The minimum Gasteiger partial charge on any atom is -0.485 e. The quantitative estimate of drug-likeness (QED) is 0.475. The molecular weight excluding hydrogens is 352 g/mol. The summed E-state index contributed by atoms with van der Waals surface area (Å²) in [6.45, 7) is 1.90. The van der Waals surface area contributed by atoms with Gasteiger partial charge < -0.3 is 9.47 Å². The molecule has 0 amide bonds. The smallest absolute Gasteiger partial charge is 0.231 e. The van der Waals surface area contributed by atoms with Crippen LogP contribution in [-0.4, -0.2) is 18.2 Å². The molecule has 0 aliphatic carbocycles. The average molecular weight is 370 g/mol.